The molecule has 1 N–H and O–H groups in total. The molecular weight excluding hydrogens is 262 g/mol. The number of nitrogens with zero attached hydrogens (tertiary/aromatic N) is 1. The second-order valence-corrected chi connectivity index (χ2v) is 6.15. The third-order valence-corrected chi connectivity index (χ3v) is 3.69. The number of hydrogen-bond donors (Lipinski definition) is 1. The normalized spacial score (nSPS) is 13.5. The van der Waals surface area contributed by atoms with Crippen LogP contribution in [0.3, 0.4) is 0 Å². The zero-order valence-electron chi connectivity index (χ0n) is 11.4. The van der Waals surface area contributed by atoms with Gasteiger partial charge >= 0.3 is 0 Å². The molecule has 0 aliphatic carbocycles. The van der Waals surface area contributed by atoms with Crippen LogP contribution in [0.15, 0.2) is 42.5 Å². The van der Waals surface area contributed by atoms with Gasteiger partial charge in [-0.05, 0) is 19.0 Å². The number of benzene rings is 1. The maximum Gasteiger partial charge on any atom is 0.266 e. The van der Waals surface area contributed by atoms with Gasteiger partial charge in [0.25, 0.3) is 10.1 Å². The van der Waals surface area contributed by atoms with Crippen LogP contribution in [-0.4, -0.2) is 36.7 Å². The number of likely N-dealkylation sites (N-methyl/N-ethyl adjacent to an activating group) is 1. The largest absolute Gasteiger partial charge is 0.292 e. The summed E-state index contributed by atoms with van der Waals surface area (Å²) in [4.78, 5) is 1.99. The van der Waals surface area contributed by atoms with E-state index in [1.54, 1.807) is 0 Å². The van der Waals surface area contributed by atoms with Gasteiger partial charge in [0.15, 0.2) is 0 Å². The molecule has 0 radical (unpaired) electrons. The first kappa shape index (κ1) is 15.9. The molecule has 1 rings (SSSR count). The van der Waals surface area contributed by atoms with Gasteiger partial charge < -0.3 is 0 Å². The molecule has 1 atom stereocenters. The second kappa shape index (κ2) is 6.84. The summed E-state index contributed by atoms with van der Waals surface area (Å²) in [6, 6.07) is 9.79. The molecule has 1 unspecified atom stereocenters. The fourth-order valence-electron chi connectivity index (χ4n) is 2.14. The topological polar surface area (TPSA) is 57.6 Å². The Morgan fingerprint density at radius 2 is 1.95 bits per heavy atom. The van der Waals surface area contributed by atoms with Crippen molar-refractivity contribution in [2.24, 2.45) is 0 Å². The van der Waals surface area contributed by atoms with E-state index in [0.29, 0.717) is 6.54 Å². The van der Waals surface area contributed by atoms with Crippen LogP contribution >= 0.6 is 0 Å². The van der Waals surface area contributed by atoms with Crippen molar-refractivity contribution in [3.05, 3.63) is 48.0 Å². The second-order valence-electron chi connectivity index (χ2n) is 4.57. The molecule has 0 fully saturated rings. The minimum absolute atomic E-state index is 0.0343. The highest BCUT2D eigenvalue weighted by Gasteiger charge is 2.21. The van der Waals surface area contributed by atoms with Crippen LogP contribution in [0.4, 0.5) is 0 Å². The molecule has 0 heterocycles. The Morgan fingerprint density at radius 1 is 1.37 bits per heavy atom. The Morgan fingerprint density at radius 3 is 2.37 bits per heavy atom. The SMILES string of the molecule is C=C(C)C(c1ccccc1)N(CC)CCS(=O)(=O)O. The molecule has 0 amide bonds. The zero-order valence-corrected chi connectivity index (χ0v) is 12.2. The Hall–Kier alpha value is -1.17. The minimum atomic E-state index is -3.94. The highest BCUT2D eigenvalue weighted by molar-refractivity contribution is 7.85. The lowest BCUT2D eigenvalue weighted by atomic mass is 9.99. The van der Waals surface area contributed by atoms with Gasteiger partial charge in [-0.3, -0.25) is 9.45 Å². The zero-order chi connectivity index (χ0) is 14.5. The molecule has 19 heavy (non-hydrogen) atoms. The highest BCUT2D eigenvalue weighted by Crippen LogP contribution is 2.26. The molecular formula is C14H21NO3S. The van der Waals surface area contributed by atoms with E-state index in [9.17, 15) is 8.42 Å². The van der Waals surface area contributed by atoms with Gasteiger partial charge in [-0.15, -0.1) is 0 Å². The third-order valence-electron chi connectivity index (χ3n) is 2.99. The van der Waals surface area contributed by atoms with Gasteiger partial charge in [0, 0.05) is 6.54 Å². The average molecular weight is 283 g/mol. The molecule has 5 heteroatoms. The summed E-state index contributed by atoms with van der Waals surface area (Å²) in [6.45, 7) is 8.84. The smallest absolute Gasteiger partial charge is 0.266 e. The van der Waals surface area contributed by atoms with Gasteiger partial charge in [0.1, 0.15) is 0 Å². The van der Waals surface area contributed by atoms with Crippen molar-refractivity contribution < 1.29 is 13.0 Å². The lowest BCUT2D eigenvalue weighted by molar-refractivity contribution is 0.247. The van der Waals surface area contributed by atoms with Crippen LogP contribution in [-0.2, 0) is 10.1 Å². The van der Waals surface area contributed by atoms with Crippen LogP contribution < -0.4 is 0 Å². The average Bonchev–Trinajstić information content (AvgIpc) is 2.33. The van der Waals surface area contributed by atoms with E-state index in [1.165, 1.54) is 0 Å². The first-order valence-electron chi connectivity index (χ1n) is 6.24. The predicted molar refractivity (Wildman–Crippen MR) is 77.7 cm³/mol. The third kappa shape index (κ3) is 5.14. The van der Waals surface area contributed by atoms with Crippen molar-refractivity contribution in [1.82, 2.24) is 4.90 Å². The minimum Gasteiger partial charge on any atom is -0.292 e. The van der Waals surface area contributed by atoms with E-state index in [4.69, 9.17) is 4.55 Å². The Balaban J connectivity index is 2.93. The van der Waals surface area contributed by atoms with Crippen LogP contribution in [0.25, 0.3) is 0 Å². The summed E-state index contributed by atoms with van der Waals surface area (Å²) in [5.74, 6) is -0.266. The van der Waals surface area contributed by atoms with Crippen molar-refractivity contribution in [2.75, 3.05) is 18.8 Å². The highest BCUT2D eigenvalue weighted by atomic mass is 32.2. The van der Waals surface area contributed by atoms with Crippen molar-refractivity contribution in [3.63, 3.8) is 0 Å². The quantitative estimate of drug-likeness (QED) is 0.617. The van der Waals surface area contributed by atoms with Crippen LogP contribution in [0.1, 0.15) is 25.5 Å². The lowest BCUT2D eigenvalue weighted by Gasteiger charge is -2.31. The molecule has 0 aliphatic heterocycles. The molecule has 106 valence electrons. The summed E-state index contributed by atoms with van der Waals surface area (Å²) in [5.41, 5.74) is 2.02. The van der Waals surface area contributed by atoms with Crippen molar-refractivity contribution in [3.8, 4) is 0 Å². The van der Waals surface area contributed by atoms with E-state index in [-0.39, 0.29) is 18.3 Å². The molecule has 0 aromatic heterocycles. The summed E-state index contributed by atoms with van der Waals surface area (Å²) in [6.07, 6.45) is 0. The van der Waals surface area contributed by atoms with E-state index in [2.05, 4.69) is 6.58 Å². The maximum atomic E-state index is 10.9. The summed E-state index contributed by atoms with van der Waals surface area (Å²) >= 11 is 0. The molecule has 1 aromatic carbocycles. The van der Waals surface area contributed by atoms with Crippen LogP contribution in [0.5, 0.6) is 0 Å². The predicted octanol–water partition coefficient (Wildman–Crippen LogP) is 2.51. The van der Waals surface area contributed by atoms with Gasteiger partial charge in [0.05, 0.1) is 11.8 Å². The summed E-state index contributed by atoms with van der Waals surface area (Å²) < 4.78 is 30.7. The van der Waals surface area contributed by atoms with E-state index >= 15 is 0 Å². The summed E-state index contributed by atoms with van der Waals surface area (Å²) in [7, 11) is -3.94. The Kier molecular flexibility index (Phi) is 5.72. The fourth-order valence-corrected chi connectivity index (χ4v) is 2.61. The fraction of sp³-hybridized carbons (Fsp3) is 0.429. The molecule has 0 spiro atoms. The molecule has 0 bridgehead atoms. The first-order valence-corrected chi connectivity index (χ1v) is 7.85. The van der Waals surface area contributed by atoms with Crippen LogP contribution in [0, 0.1) is 0 Å². The van der Waals surface area contributed by atoms with E-state index in [0.717, 1.165) is 11.1 Å². The van der Waals surface area contributed by atoms with Crippen LogP contribution in [0.2, 0.25) is 0 Å². The van der Waals surface area contributed by atoms with Gasteiger partial charge in [-0.1, -0.05) is 49.4 Å². The van der Waals surface area contributed by atoms with Crippen molar-refractivity contribution >= 4 is 10.1 Å². The Bertz CT molecular complexity index is 511. The van der Waals surface area contributed by atoms with Gasteiger partial charge in [0.2, 0.25) is 0 Å². The monoisotopic (exact) mass is 283 g/mol. The number of rotatable bonds is 7. The molecule has 0 saturated carbocycles. The molecule has 4 nitrogen and oxygen atoms in total. The lowest BCUT2D eigenvalue weighted by Crippen LogP contribution is -2.33. The van der Waals surface area contributed by atoms with Gasteiger partial charge in [-0.2, -0.15) is 8.42 Å². The molecule has 0 saturated heterocycles. The first-order chi connectivity index (χ1) is 8.85. The standard InChI is InChI=1S/C14H21NO3S/c1-4-15(10-11-19(16,17)18)14(12(2)3)13-8-6-5-7-9-13/h5-9,14H,2,4,10-11H2,1,3H3,(H,16,17,18). The number of hydrogen-bond acceptors (Lipinski definition) is 3. The molecule has 0 aliphatic rings. The summed E-state index contributed by atoms with van der Waals surface area (Å²) in [5, 5.41) is 0. The van der Waals surface area contributed by atoms with E-state index in [1.807, 2.05) is 49.1 Å². The van der Waals surface area contributed by atoms with Crippen molar-refractivity contribution in [1.29, 1.82) is 0 Å². The molecule has 1 aromatic rings. The van der Waals surface area contributed by atoms with Gasteiger partial charge in [-0.25, -0.2) is 0 Å². The maximum absolute atomic E-state index is 10.9. The van der Waals surface area contributed by atoms with E-state index < -0.39 is 10.1 Å². The Labute approximate surface area is 115 Å². The van der Waals surface area contributed by atoms with Crippen molar-refractivity contribution in [2.45, 2.75) is 19.9 Å².